The molecule has 0 aromatic carbocycles. The summed E-state index contributed by atoms with van der Waals surface area (Å²) in [5.41, 5.74) is 0. The summed E-state index contributed by atoms with van der Waals surface area (Å²) in [5, 5.41) is 0. The maximum absolute atomic E-state index is 11.0. The standard InChI is InChI=1S/C13H22O2/c1-3-5-6-7-8-9-10-11-13(14)15-12-4-2/h8-11H,3-7,12H2,1-2H3/b9-8-,11-10?. The molecule has 0 aliphatic carbocycles. The molecule has 0 unspecified atom stereocenters. The molecule has 0 aromatic heterocycles. The van der Waals surface area contributed by atoms with Crippen LogP contribution in [0, 0.1) is 0 Å². The van der Waals surface area contributed by atoms with E-state index in [9.17, 15) is 4.79 Å². The first-order valence-electron chi connectivity index (χ1n) is 5.81. The Bertz CT molecular complexity index is 205. The van der Waals surface area contributed by atoms with Crippen LogP contribution in [0.2, 0.25) is 0 Å². The van der Waals surface area contributed by atoms with Crippen molar-refractivity contribution in [3.8, 4) is 0 Å². The van der Waals surface area contributed by atoms with Gasteiger partial charge in [0.15, 0.2) is 0 Å². The maximum atomic E-state index is 11.0. The zero-order chi connectivity index (χ0) is 11.4. The van der Waals surface area contributed by atoms with Gasteiger partial charge in [-0.15, -0.1) is 0 Å². The van der Waals surface area contributed by atoms with Crippen LogP contribution in [0.3, 0.4) is 0 Å². The number of unbranched alkanes of at least 4 members (excludes halogenated alkanes) is 3. The van der Waals surface area contributed by atoms with E-state index >= 15 is 0 Å². The summed E-state index contributed by atoms with van der Waals surface area (Å²) < 4.78 is 4.88. The van der Waals surface area contributed by atoms with Gasteiger partial charge in [0.05, 0.1) is 6.61 Å². The third kappa shape index (κ3) is 10.9. The largest absolute Gasteiger partial charge is 0.463 e. The Labute approximate surface area is 93.0 Å². The van der Waals surface area contributed by atoms with Crippen LogP contribution in [0.5, 0.6) is 0 Å². The fourth-order valence-electron chi connectivity index (χ4n) is 1.07. The van der Waals surface area contributed by atoms with E-state index in [-0.39, 0.29) is 5.97 Å². The van der Waals surface area contributed by atoms with Crippen LogP contribution in [0.4, 0.5) is 0 Å². The molecule has 0 amide bonds. The van der Waals surface area contributed by atoms with E-state index in [0.29, 0.717) is 6.61 Å². The highest BCUT2D eigenvalue weighted by Gasteiger charge is 1.91. The topological polar surface area (TPSA) is 26.3 Å². The Hall–Kier alpha value is -1.05. The van der Waals surface area contributed by atoms with E-state index in [0.717, 1.165) is 12.8 Å². The summed E-state index contributed by atoms with van der Waals surface area (Å²) in [7, 11) is 0. The first-order chi connectivity index (χ1) is 7.31. The first kappa shape index (κ1) is 13.9. The minimum Gasteiger partial charge on any atom is -0.463 e. The second-order valence-electron chi connectivity index (χ2n) is 3.45. The van der Waals surface area contributed by atoms with Crippen molar-refractivity contribution in [1.29, 1.82) is 0 Å². The van der Waals surface area contributed by atoms with Crippen molar-refractivity contribution in [3.05, 3.63) is 24.3 Å². The quantitative estimate of drug-likeness (QED) is 0.265. The zero-order valence-corrected chi connectivity index (χ0v) is 9.87. The monoisotopic (exact) mass is 210 g/mol. The van der Waals surface area contributed by atoms with Gasteiger partial charge in [0.1, 0.15) is 0 Å². The normalized spacial score (nSPS) is 11.3. The van der Waals surface area contributed by atoms with E-state index in [2.05, 4.69) is 13.0 Å². The molecule has 0 saturated carbocycles. The molecular formula is C13H22O2. The minimum atomic E-state index is -0.255. The number of hydrogen-bond donors (Lipinski definition) is 0. The molecule has 0 aromatic rings. The smallest absolute Gasteiger partial charge is 0.330 e. The molecule has 2 nitrogen and oxygen atoms in total. The number of carbonyl (C=O) groups is 1. The average molecular weight is 210 g/mol. The molecule has 0 fully saturated rings. The number of carbonyl (C=O) groups excluding carboxylic acids is 1. The van der Waals surface area contributed by atoms with E-state index in [1.165, 1.54) is 25.3 Å². The molecule has 0 atom stereocenters. The van der Waals surface area contributed by atoms with Gasteiger partial charge in [-0.05, 0) is 19.3 Å². The molecule has 86 valence electrons. The van der Waals surface area contributed by atoms with Gasteiger partial charge >= 0.3 is 5.97 Å². The predicted molar refractivity (Wildman–Crippen MR) is 63.7 cm³/mol. The Morgan fingerprint density at radius 2 is 1.93 bits per heavy atom. The Morgan fingerprint density at radius 1 is 1.13 bits per heavy atom. The number of allylic oxidation sites excluding steroid dienone is 3. The van der Waals surface area contributed by atoms with Gasteiger partial charge in [0, 0.05) is 6.08 Å². The van der Waals surface area contributed by atoms with Crippen LogP contribution in [0.1, 0.15) is 46.0 Å². The minimum absolute atomic E-state index is 0.255. The summed E-state index contributed by atoms with van der Waals surface area (Å²) in [6.45, 7) is 4.67. The Morgan fingerprint density at radius 3 is 2.60 bits per heavy atom. The van der Waals surface area contributed by atoms with Crippen LogP contribution < -0.4 is 0 Å². The van der Waals surface area contributed by atoms with E-state index in [4.69, 9.17) is 4.74 Å². The highest BCUT2D eigenvalue weighted by Crippen LogP contribution is 1.99. The molecular weight excluding hydrogens is 188 g/mol. The van der Waals surface area contributed by atoms with Gasteiger partial charge < -0.3 is 4.74 Å². The molecule has 0 rings (SSSR count). The fraction of sp³-hybridized carbons (Fsp3) is 0.615. The van der Waals surface area contributed by atoms with Crippen LogP contribution in [-0.2, 0) is 9.53 Å². The first-order valence-corrected chi connectivity index (χ1v) is 5.81. The van der Waals surface area contributed by atoms with Crippen LogP contribution in [0.25, 0.3) is 0 Å². The van der Waals surface area contributed by atoms with Gasteiger partial charge in [-0.2, -0.15) is 0 Å². The van der Waals surface area contributed by atoms with E-state index in [1.54, 1.807) is 6.08 Å². The maximum Gasteiger partial charge on any atom is 0.330 e. The lowest BCUT2D eigenvalue weighted by atomic mass is 10.2. The summed E-state index contributed by atoms with van der Waals surface area (Å²) in [4.78, 5) is 11.0. The molecule has 0 aliphatic heterocycles. The molecule has 0 aliphatic rings. The zero-order valence-electron chi connectivity index (χ0n) is 9.87. The summed E-state index contributed by atoms with van der Waals surface area (Å²) in [5.74, 6) is -0.255. The molecule has 0 spiro atoms. The fourth-order valence-corrected chi connectivity index (χ4v) is 1.07. The van der Waals surface area contributed by atoms with Crippen molar-refractivity contribution in [1.82, 2.24) is 0 Å². The summed E-state index contributed by atoms with van der Waals surface area (Å²) >= 11 is 0. The number of rotatable bonds is 8. The van der Waals surface area contributed by atoms with Crippen molar-refractivity contribution in [2.75, 3.05) is 6.61 Å². The van der Waals surface area contributed by atoms with Crippen LogP contribution >= 0.6 is 0 Å². The Kier molecular flexibility index (Phi) is 10.3. The average Bonchev–Trinajstić information content (AvgIpc) is 2.25. The van der Waals surface area contributed by atoms with Crippen LogP contribution in [0.15, 0.2) is 24.3 Å². The lowest BCUT2D eigenvalue weighted by molar-refractivity contribution is -0.137. The second-order valence-corrected chi connectivity index (χ2v) is 3.45. The number of esters is 1. The van der Waals surface area contributed by atoms with Gasteiger partial charge in [0.2, 0.25) is 0 Å². The lowest BCUT2D eigenvalue weighted by Gasteiger charge is -1.95. The molecule has 0 heterocycles. The predicted octanol–water partition coefficient (Wildman–Crippen LogP) is 3.63. The van der Waals surface area contributed by atoms with Crippen LogP contribution in [-0.4, -0.2) is 12.6 Å². The van der Waals surface area contributed by atoms with E-state index < -0.39 is 0 Å². The van der Waals surface area contributed by atoms with E-state index in [1.807, 2.05) is 13.0 Å². The molecule has 15 heavy (non-hydrogen) atoms. The van der Waals surface area contributed by atoms with Gasteiger partial charge in [-0.1, -0.05) is 44.9 Å². The van der Waals surface area contributed by atoms with Crippen molar-refractivity contribution in [2.45, 2.75) is 46.0 Å². The molecule has 0 saturated heterocycles. The number of hydrogen-bond acceptors (Lipinski definition) is 2. The SMILES string of the molecule is CCCCC/C=C\C=CC(=O)OCCC. The van der Waals surface area contributed by atoms with Gasteiger partial charge in [-0.3, -0.25) is 0 Å². The highest BCUT2D eigenvalue weighted by atomic mass is 16.5. The van der Waals surface area contributed by atoms with Crippen molar-refractivity contribution in [2.24, 2.45) is 0 Å². The van der Waals surface area contributed by atoms with Crippen molar-refractivity contribution < 1.29 is 9.53 Å². The van der Waals surface area contributed by atoms with Gasteiger partial charge in [-0.25, -0.2) is 4.79 Å². The molecule has 2 heteroatoms. The third-order valence-corrected chi connectivity index (χ3v) is 1.90. The lowest BCUT2D eigenvalue weighted by Crippen LogP contribution is -2.00. The van der Waals surface area contributed by atoms with Crippen molar-refractivity contribution in [3.63, 3.8) is 0 Å². The summed E-state index contributed by atoms with van der Waals surface area (Å²) in [6.07, 6.45) is 12.9. The second kappa shape index (κ2) is 11.0. The van der Waals surface area contributed by atoms with Gasteiger partial charge in [0.25, 0.3) is 0 Å². The Balaban J connectivity index is 3.46. The van der Waals surface area contributed by atoms with Crippen molar-refractivity contribution >= 4 is 5.97 Å². The highest BCUT2D eigenvalue weighted by molar-refractivity contribution is 5.82. The summed E-state index contributed by atoms with van der Waals surface area (Å²) in [6, 6.07) is 0. The molecule has 0 N–H and O–H groups in total. The number of ether oxygens (including phenoxy) is 1. The third-order valence-electron chi connectivity index (χ3n) is 1.90. The molecule has 0 radical (unpaired) electrons. The molecule has 0 bridgehead atoms.